The minimum absolute atomic E-state index is 0.0875. The molecule has 2 nitrogen and oxygen atoms in total. The number of nitrogens with one attached hydrogen (secondary N) is 1. The smallest absolute Gasteiger partial charge is 0.129 e. The van der Waals surface area contributed by atoms with Crippen molar-refractivity contribution in [2.24, 2.45) is 0 Å². The van der Waals surface area contributed by atoms with E-state index in [0.717, 1.165) is 10.0 Å². The Balaban J connectivity index is 1.95. The van der Waals surface area contributed by atoms with Crippen molar-refractivity contribution >= 4 is 15.9 Å². The first kappa shape index (κ1) is 15.2. The third kappa shape index (κ3) is 3.88. The molecule has 0 amide bonds. The second-order valence-electron chi connectivity index (χ2n) is 4.72. The van der Waals surface area contributed by atoms with E-state index in [1.807, 2.05) is 31.2 Å². The van der Waals surface area contributed by atoms with Crippen LogP contribution in [0.1, 0.15) is 30.2 Å². The van der Waals surface area contributed by atoms with Crippen molar-refractivity contribution in [3.05, 3.63) is 69.9 Å². The van der Waals surface area contributed by atoms with Crippen molar-refractivity contribution in [3.63, 3.8) is 0 Å². The molecule has 2 aromatic carbocycles. The van der Waals surface area contributed by atoms with Crippen LogP contribution in [0.2, 0.25) is 0 Å². The van der Waals surface area contributed by atoms with Crippen molar-refractivity contribution in [1.29, 1.82) is 0 Å². The van der Waals surface area contributed by atoms with Crippen LogP contribution in [0.4, 0.5) is 4.39 Å². The molecule has 0 fully saturated rings. The normalized spacial score (nSPS) is 14.0. The SMILES string of the molecule is C[C@H](NCC(O)c1ccccc1F)c1ccc(Br)cc1. The Bertz CT molecular complexity index is 559. The number of aliphatic hydroxyl groups is 1. The highest BCUT2D eigenvalue weighted by Gasteiger charge is 2.13. The number of aliphatic hydroxyl groups excluding tert-OH is 1. The molecule has 0 aliphatic heterocycles. The number of benzene rings is 2. The zero-order valence-electron chi connectivity index (χ0n) is 11.2. The van der Waals surface area contributed by atoms with E-state index in [2.05, 4.69) is 21.2 Å². The van der Waals surface area contributed by atoms with E-state index >= 15 is 0 Å². The lowest BCUT2D eigenvalue weighted by molar-refractivity contribution is 0.166. The largest absolute Gasteiger partial charge is 0.387 e. The predicted octanol–water partition coefficient (Wildman–Crippen LogP) is 3.97. The summed E-state index contributed by atoms with van der Waals surface area (Å²) < 4.78 is 14.6. The van der Waals surface area contributed by atoms with Crippen molar-refractivity contribution in [3.8, 4) is 0 Å². The highest BCUT2D eigenvalue weighted by Crippen LogP contribution is 2.19. The van der Waals surface area contributed by atoms with Crippen LogP contribution in [0.5, 0.6) is 0 Å². The molecule has 0 radical (unpaired) electrons. The Hall–Kier alpha value is -1.23. The maximum atomic E-state index is 13.5. The zero-order chi connectivity index (χ0) is 14.5. The lowest BCUT2D eigenvalue weighted by Gasteiger charge is -2.18. The predicted molar refractivity (Wildman–Crippen MR) is 81.9 cm³/mol. The zero-order valence-corrected chi connectivity index (χ0v) is 12.8. The van der Waals surface area contributed by atoms with Crippen molar-refractivity contribution in [1.82, 2.24) is 5.32 Å². The summed E-state index contributed by atoms with van der Waals surface area (Å²) in [5.41, 5.74) is 1.44. The summed E-state index contributed by atoms with van der Waals surface area (Å²) in [5, 5.41) is 13.2. The molecule has 0 heterocycles. The van der Waals surface area contributed by atoms with E-state index in [9.17, 15) is 9.50 Å². The summed E-state index contributed by atoms with van der Waals surface area (Å²) in [7, 11) is 0. The highest BCUT2D eigenvalue weighted by atomic mass is 79.9. The quantitative estimate of drug-likeness (QED) is 0.865. The fraction of sp³-hybridized carbons (Fsp3) is 0.250. The average Bonchev–Trinajstić information content (AvgIpc) is 2.45. The number of hydrogen-bond acceptors (Lipinski definition) is 2. The van der Waals surface area contributed by atoms with E-state index in [-0.39, 0.29) is 11.9 Å². The number of halogens is 2. The molecular formula is C16H17BrFNO. The first-order valence-electron chi connectivity index (χ1n) is 6.49. The van der Waals surface area contributed by atoms with Gasteiger partial charge in [0.15, 0.2) is 0 Å². The summed E-state index contributed by atoms with van der Waals surface area (Å²) in [6, 6.07) is 14.4. The molecule has 4 heteroatoms. The molecule has 106 valence electrons. The standard InChI is InChI=1S/C16H17BrFNO/c1-11(12-6-8-13(17)9-7-12)19-10-16(20)14-4-2-3-5-15(14)18/h2-9,11,16,19-20H,10H2,1H3/t11-,16?/m0/s1. The van der Waals surface area contributed by atoms with Crippen LogP contribution in [0.25, 0.3) is 0 Å². The van der Waals surface area contributed by atoms with Gasteiger partial charge in [-0.15, -0.1) is 0 Å². The fourth-order valence-corrected chi connectivity index (χ4v) is 2.28. The summed E-state index contributed by atoms with van der Waals surface area (Å²) in [4.78, 5) is 0. The van der Waals surface area contributed by atoms with Gasteiger partial charge < -0.3 is 10.4 Å². The van der Waals surface area contributed by atoms with E-state index in [4.69, 9.17) is 0 Å². The van der Waals surface area contributed by atoms with Crippen molar-refractivity contribution < 1.29 is 9.50 Å². The Morgan fingerprint density at radius 2 is 1.80 bits per heavy atom. The molecular weight excluding hydrogens is 321 g/mol. The third-order valence-electron chi connectivity index (χ3n) is 3.25. The molecule has 0 spiro atoms. The van der Waals surface area contributed by atoms with Crippen LogP contribution in [0.3, 0.4) is 0 Å². The maximum Gasteiger partial charge on any atom is 0.129 e. The first-order chi connectivity index (χ1) is 9.58. The number of hydrogen-bond donors (Lipinski definition) is 2. The van der Waals surface area contributed by atoms with Gasteiger partial charge in [-0.05, 0) is 30.7 Å². The Kier molecular flexibility index (Phi) is 5.29. The van der Waals surface area contributed by atoms with Crippen LogP contribution in [0.15, 0.2) is 53.0 Å². The van der Waals surface area contributed by atoms with Gasteiger partial charge in [-0.1, -0.05) is 46.3 Å². The molecule has 2 atom stereocenters. The monoisotopic (exact) mass is 337 g/mol. The minimum atomic E-state index is -0.853. The van der Waals surface area contributed by atoms with Gasteiger partial charge in [-0.3, -0.25) is 0 Å². The molecule has 20 heavy (non-hydrogen) atoms. The fourth-order valence-electron chi connectivity index (χ4n) is 2.01. The van der Waals surface area contributed by atoms with Crippen LogP contribution in [-0.2, 0) is 0 Å². The molecule has 0 bridgehead atoms. The first-order valence-corrected chi connectivity index (χ1v) is 7.28. The van der Waals surface area contributed by atoms with Crippen LogP contribution in [0, 0.1) is 5.82 Å². The van der Waals surface area contributed by atoms with Gasteiger partial charge in [0.25, 0.3) is 0 Å². The van der Waals surface area contributed by atoms with Crippen LogP contribution < -0.4 is 5.32 Å². The molecule has 2 aromatic rings. The Morgan fingerprint density at radius 1 is 1.15 bits per heavy atom. The second-order valence-corrected chi connectivity index (χ2v) is 5.63. The molecule has 2 rings (SSSR count). The minimum Gasteiger partial charge on any atom is -0.387 e. The van der Waals surface area contributed by atoms with Gasteiger partial charge in [0.2, 0.25) is 0 Å². The third-order valence-corrected chi connectivity index (χ3v) is 3.78. The van der Waals surface area contributed by atoms with E-state index in [0.29, 0.717) is 12.1 Å². The summed E-state index contributed by atoms with van der Waals surface area (Å²) in [5.74, 6) is -0.377. The highest BCUT2D eigenvalue weighted by molar-refractivity contribution is 9.10. The number of rotatable bonds is 5. The van der Waals surface area contributed by atoms with Crippen LogP contribution in [-0.4, -0.2) is 11.7 Å². The van der Waals surface area contributed by atoms with Gasteiger partial charge in [-0.25, -0.2) is 4.39 Å². The molecule has 2 N–H and O–H groups in total. The molecule has 1 unspecified atom stereocenters. The van der Waals surface area contributed by atoms with E-state index < -0.39 is 6.10 Å². The second kappa shape index (κ2) is 6.97. The summed E-state index contributed by atoms with van der Waals surface area (Å²) >= 11 is 3.39. The van der Waals surface area contributed by atoms with Gasteiger partial charge >= 0.3 is 0 Å². The average molecular weight is 338 g/mol. The Morgan fingerprint density at radius 3 is 2.45 bits per heavy atom. The van der Waals surface area contributed by atoms with Gasteiger partial charge in [-0.2, -0.15) is 0 Å². The maximum absolute atomic E-state index is 13.5. The lowest BCUT2D eigenvalue weighted by atomic mass is 10.1. The van der Waals surface area contributed by atoms with E-state index in [1.54, 1.807) is 18.2 Å². The summed E-state index contributed by atoms with van der Waals surface area (Å²) in [6.45, 7) is 2.31. The van der Waals surface area contributed by atoms with E-state index in [1.165, 1.54) is 6.07 Å². The van der Waals surface area contributed by atoms with Crippen molar-refractivity contribution in [2.75, 3.05) is 6.54 Å². The molecule has 0 aliphatic carbocycles. The Labute approximate surface area is 126 Å². The van der Waals surface area contributed by atoms with Gasteiger partial charge in [0.05, 0.1) is 6.10 Å². The molecule has 0 saturated heterocycles. The molecule has 0 aliphatic rings. The van der Waals surface area contributed by atoms with Crippen molar-refractivity contribution in [2.45, 2.75) is 19.1 Å². The van der Waals surface area contributed by atoms with Crippen LogP contribution >= 0.6 is 15.9 Å². The lowest BCUT2D eigenvalue weighted by Crippen LogP contribution is -2.25. The topological polar surface area (TPSA) is 32.3 Å². The molecule has 0 saturated carbocycles. The van der Waals surface area contributed by atoms with Gasteiger partial charge in [0, 0.05) is 22.6 Å². The molecule has 0 aromatic heterocycles. The van der Waals surface area contributed by atoms with Gasteiger partial charge in [0.1, 0.15) is 5.82 Å². The summed E-state index contributed by atoms with van der Waals surface area (Å²) in [6.07, 6.45) is -0.853.